The summed E-state index contributed by atoms with van der Waals surface area (Å²) in [6, 6.07) is 47.6. The van der Waals surface area contributed by atoms with E-state index in [9.17, 15) is 10.0 Å². The summed E-state index contributed by atoms with van der Waals surface area (Å²) < 4.78 is 11.8. The second-order valence-electron chi connectivity index (χ2n) is 11.7. The van der Waals surface area contributed by atoms with Gasteiger partial charge in [0.1, 0.15) is 27.5 Å². The Morgan fingerprint density at radius 1 is 0.460 bits per heavy atom. The van der Waals surface area contributed by atoms with E-state index >= 15 is 0 Å². The van der Waals surface area contributed by atoms with Gasteiger partial charge < -0.3 is 18.9 Å². The van der Waals surface area contributed by atoms with Gasteiger partial charge in [0.05, 0.1) is 5.69 Å². The lowest BCUT2D eigenvalue weighted by atomic mass is 9.79. The summed E-state index contributed by atoms with van der Waals surface area (Å²) in [5, 5.41) is 27.7. The molecule has 0 amide bonds. The van der Waals surface area contributed by atoms with Crippen LogP contribution in [0.4, 0.5) is 0 Å². The van der Waals surface area contributed by atoms with Crippen molar-refractivity contribution >= 4 is 89.6 Å². The van der Waals surface area contributed by atoms with Gasteiger partial charge in [0.2, 0.25) is 0 Å². The number of hydrogen-bond donors (Lipinski definition) is 2. The maximum Gasteiger partial charge on any atom is 0.492 e. The van der Waals surface area contributed by atoms with Crippen LogP contribution in [0.1, 0.15) is 0 Å². The van der Waals surface area contributed by atoms with E-state index in [4.69, 9.17) is 20.4 Å². The molecule has 10 aromatic rings. The second kappa shape index (κ2) is 13.5. The molecule has 240 valence electrons. The SMILES string of the molecule is Clc1nccc2ccccc12.OB(O)c1cccc2c1oc1ccccc12.c1ccc2c(-c3cccc4c3oc3ccccc34)nccc2c1. The Labute approximate surface area is 292 Å². The number of nitrogens with zero attached hydrogens (tertiary/aromatic N) is 2. The van der Waals surface area contributed by atoms with Gasteiger partial charge in [-0.05, 0) is 41.1 Å². The molecule has 0 aliphatic carbocycles. The molecule has 0 atom stereocenters. The first-order chi connectivity index (χ1) is 24.6. The van der Waals surface area contributed by atoms with E-state index in [1.165, 1.54) is 5.39 Å². The summed E-state index contributed by atoms with van der Waals surface area (Å²) in [6.07, 6.45) is 3.57. The summed E-state index contributed by atoms with van der Waals surface area (Å²) in [5.41, 5.74) is 5.51. The predicted octanol–water partition coefficient (Wildman–Crippen LogP) is 9.96. The van der Waals surface area contributed by atoms with Gasteiger partial charge in [-0.2, -0.15) is 0 Å². The van der Waals surface area contributed by atoms with Crippen molar-refractivity contribution in [2.24, 2.45) is 0 Å². The number of rotatable bonds is 2. The third-order valence-corrected chi connectivity index (χ3v) is 8.97. The first-order valence-electron chi connectivity index (χ1n) is 16.1. The Hall–Kier alpha value is -5.99. The van der Waals surface area contributed by atoms with Crippen LogP contribution in [0.25, 0.3) is 76.7 Å². The minimum absolute atomic E-state index is 0.397. The molecule has 2 N–H and O–H groups in total. The van der Waals surface area contributed by atoms with Gasteiger partial charge in [0.25, 0.3) is 0 Å². The number of fused-ring (bicyclic) bond motifs is 8. The van der Waals surface area contributed by atoms with E-state index in [1.54, 1.807) is 18.3 Å². The maximum absolute atomic E-state index is 9.24. The van der Waals surface area contributed by atoms with Crippen LogP contribution in [-0.2, 0) is 0 Å². The number of furan rings is 2. The van der Waals surface area contributed by atoms with Crippen molar-refractivity contribution in [3.05, 3.63) is 163 Å². The molecule has 0 unspecified atom stereocenters. The minimum atomic E-state index is -1.51. The zero-order valence-electron chi connectivity index (χ0n) is 26.6. The Morgan fingerprint density at radius 3 is 1.62 bits per heavy atom. The number of halogens is 1. The number of para-hydroxylation sites is 4. The fourth-order valence-electron chi connectivity index (χ4n) is 6.32. The molecule has 0 radical (unpaired) electrons. The molecule has 6 aromatic carbocycles. The summed E-state index contributed by atoms with van der Waals surface area (Å²) in [6.45, 7) is 0. The van der Waals surface area contributed by atoms with Crippen LogP contribution in [0.2, 0.25) is 5.15 Å². The van der Waals surface area contributed by atoms with Crippen LogP contribution >= 0.6 is 11.6 Å². The number of benzene rings is 6. The lowest BCUT2D eigenvalue weighted by Crippen LogP contribution is -2.29. The van der Waals surface area contributed by atoms with E-state index < -0.39 is 7.12 Å². The molecule has 4 aromatic heterocycles. The number of hydrogen-bond acceptors (Lipinski definition) is 6. The Morgan fingerprint density at radius 2 is 0.960 bits per heavy atom. The van der Waals surface area contributed by atoms with Crippen LogP contribution in [-0.4, -0.2) is 27.1 Å². The molecule has 0 aliphatic rings. The van der Waals surface area contributed by atoms with E-state index in [1.807, 2.05) is 103 Å². The zero-order chi connectivity index (χ0) is 34.0. The summed E-state index contributed by atoms with van der Waals surface area (Å²) in [7, 11) is -1.51. The molecule has 8 heteroatoms. The van der Waals surface area contributed by atoms with E-state index in [-0.39, 0.29) is 0 Å². The molecule has 0 fully saturated rings. The Kier molecular flexibility index (Phi) is 8.45. The van der Waals surface area contributed by atoms with Crippen molar-refractivity contribution in [1.82, 2.24) is 9.97 Å². The zero-order valence-corrected chi connectivity index (χ0v) is 27.3. The van der Waals surface area contributed by atoms with Gasteiger partial charge >= 0.3 is 7.12 Å². The van der Waals surface area contributed by atoms with Crippen LogP contribution < -0.4 is 5.46 Å². The van der Waals surface area contributed by atoms with Crippen molar-refractivity contribution in [2.45, 2.75) is 0 Å². The van der Waals surface area contributed by atoms with Gasteiger partial charge in [-0.3, -0.25) is 4.98 Å². The topological polar surface area (TPSA) is 92.5 Å². The highest BCUT2D eigenvalue weighted by molar-refractivity contribution is 6.61. The van der Waals surface area contributed by atoms with Crippen molar-refractivity contribution in [1.29, 1.82) is 0 Å². The third kappa shape index (κ3) is 5.84. The highest BCUT2D eigenvalue weighted by Gasteiger charge is 2.18. The average molecular weight is 671 g/mol. The van der Waals surface area contributed by atoms with Crippen LogP contribution in [0.5, 0.6) is 0 Å². The molecule has 50 heavy (non-hydrogen) atoms. The van der Waals surface area contributed by atoms with E-state index in [0.29, 0.717) is 16.2 Å². The summed E-state index contributed by atoms with van der Waals surface area (Å²) in [4.78, 5) is 8.61. The van der Waals surface area contributed by atoms with Gasteiger partial charge in [-0.1, -0.05) is 127 Å². The van der Waals surface area contributed by atoms with Crippen molar-refractivity contribution in [3.63, 3.8) is 0 Å². The van der Waals surface area contributed by atoms with Crippen LogP contribution in [0.15, 0.2) is 167 Å². The molecule has 0 aliphatic heterocycles. The monoisotopic (exact) mass is 670 g/mol. The van der Waals surface area contributed by atoms with Crippen molar-refractivity contribution < 1.29 is 18.9 Å². The molecule has 0 spiro atoms. The fourth-order valence-corrected chi connectivity index (χ4v) is 6.55. The van der Waals surface area contributed by atoms with Gasteiger partial charge in [0.15, 0.2) is 0 Å². The average Bonchev–Trinajstić information content (AvgIpc) is 3.74. The maximum atomic E-state index is 9.24. The molecule has 6 nitrogen and oxygen atoms in total. The van der Waals surface area contributed by atoms with Crippen molar-refractivity contribution in [2.75, 3.05) is 0 Å². The fraction of sp³-hybridized carbons (Fsp3) is 0. The highest BCUT2D eigenvalue weighted by atomic mass is 35.5. The molecular formula is C42H28BClN2O4. The lowest BCUT2D eigenvalue weighted by molar-refractivity contribution is 0.425. The smallest absolute Gasteiger partial charge is 0.456 e. The molecule has 0 bridgehead atoms. The number of pyridine rings is 2. The molecule has 10 rings (SSSR count). The molecule has 4 heterocycles. The standard InChI is InChI=1S/C21H13NO.C12H9BO3.C9H6ClN/c1-2-7-15-14(6-1)12-13-22-20(15)18-10-5-9-17-16-8-3-4-11-19(16)23-21(17)18;14-13(15)10-6-3-5-9-8-4-1-2-7-11(8)16-12(9)10;10-9-8-4-2-1-3-7(8)5-6-11-9/h1-13H;1-7,14-15H;1-6H. The summed E-state index contributed by atoms with van der Waals surface area (Å²) >= 11 is 5.85. The highest BCUT2D eigenvalue weighted by Crippen LogP contribution is 2.37. The van der Waals surface area contributed by atoms with Crippen LogP contribution in [0, 0.1) is 0 Å². The summed E-state index contributed by atoms with van der Waals surface area (Å²) in [5.74, 6) is 0. The normalized spacial score (nSPS) is 11.1. The Bertz CT molecular complexity index is 2780. The van der Waals surface area contributed by atoms with E-state index in [0.717, 1.165) is 65.7 Å². The minimum Gasteiger partial charge on any atom is -0.456 e. The second-order valence-corrected chi connectivity index (χ2v) is 12.0. The van der Waals surface area contributed by atoms with Crippen molar-refractivity contribution in [3.8, 4) is 11.3 Å². The Balaban J connectivity index is 0.000000116. The largest absolute Gasteiger partial charge is 0.492 e. The quantitative estimate of drug-likeness (QED) is 0.141. The van der Waals surface area contributed by atoms with Gasteiger partial charge in [-0.25, -0.2) is 4.98 Å². The molecule has 0 saturated heterocycles. The first kappa shape index (κ1) is 31.3. The molecular weight excluding hydrogens is 643 g/mol. The van der Waals surface area contributed by atoms with Gasteiger partial charge in [-0.15, -0.1) is 0 Å². The van der Waals surface area contributed by atoms with E-state index in [2.05, 4.69) is 46.4 Å². The molecule has 0 saturated carbocycles. The van der Waals surface area contributed by atoms with Crippen LogP contribution in [0.3, 0.4) is 0 Å². The third-order valence-electron chi connectivity index (χ3n) is 8.67. The number of aromatic nitrogens is 2. The first-order valence-corrected chi connectivity index (χ1v) is 16.4. The lowest BCUT2D eigenvalue weighted by Gasteiger charge is -2.06. The predicted molar refractivity (Wildman–Crippen MR) is 205 cm³/mol. The van der Waals surface area contributed by atoms with Gasteiger partial charge in [0, 0.05) is 55.7 Å².